The molecule has 6 heteroatoms. The first-order valence-corrected chi connectivity index (χ1v) is 9.77. The molecule has 146 valence electrons. The fraction of sp³-hybridized carbons (Fsp3) is 0.217. The Morgan fingerprint density at radius 2 is 1.76 bits per heavy atom. The molecule has 4 heterocycles. The summed E-state index contributed by atoms with van der Waals surface area (Å²) in [6, 6.07) is 16.3. The summed E-state index contributed by atoms with van der Waals surface area (Å²) in [5.74, 6) is 1.40. The van der Waals surface area contributed by atoms with Crippen molar-refractivity contribution in [3.63, 3.8) is 0 Å². The van der Waals surface area contributed by atoms with Gasteiger partial charge in [-0.25, -0.2) is 4.98 Å². The number of ether oxygens (including phenoxy) is 1. The molecule has 1 N–H and O–H groups in total. The van der Waals surface area contributed by atoms with Crippen LogP contribution in [-0.4, -0.2) is 43.3 Å². The highest BCUT2D eigenvalue weighted by Gasteiger charge is 2.14. The Kier molecular flexibility index (Phi) is 4.62. The van der Waals surface area contributed by atoms with E-state index in [1.54, 1.807) is 19.5 Å². The number of furan rings is 1. The minimum Gasteiger partial charge on any atom is -0.481 e. The SMILES string of the molecule is COc1ccc(-c2ccnc3cc(-c4ccc(N5CCNCC5)cc4)oc23)cn1. The number of nitrogens with one attached hydrogen (secondary N) is 1. The van der Waals surface area contributed by atoms with Crippen LogP contribution in [0.2, 0.25) is 0 Å². The molecule has 1 saturated heterocycles. The Morgan fingerprint density at radius 3 is 2.48 bits per heavy atom. The van der Waals surface area contributed by atoms with Crippen LogP contribution in [0.5, 0.6) is 5.88 Å². The number of hydrogen-bond acceptors (Lipinski definition) is 6. The fourth-order valence-electron chi connectivity index (χ4n) is 3.73. The lowest BCUT2D eigenvalue weighted by Gasteiger charge is -2.29. The number of pyridine rings is 2. The fourth-order valence-corrected chi connectivity index (χ4v) is 3.73. The maximum absolute atomic E-state index is 6.24. The molecule has 0 radical (unpaired) electrons. The highest BCUT2D eigenvalue weighted by atomic mass is 16.5. The number of aromatic nitrogens is 2. The van der Waals surface area contributed by atoms with Crippen LogP contribution < -0.4 is 15.0 Å². The molecule has 1 fully saturated rings. The molecule has 0 unspecified atom stereocenters. The lowest BCUT2D eigenvalue weighted by Crippen LogP contribution is -2.43. The van der Waals surface area contributed by atoms with Crippen LogP contribution in [0.3, 0.4) is 0 Å². The summed E-state index contributed by atoms with van der Waals surface area (Å²) in [6.07, 6.45) is 3.59. The molecule has 1 aliphatic rings. The van der Waals surface area contributed by atoms with Gasteiger partial charge in [0.1, 0.15) is 11.3 Å². The van der Waals surface area contributed by atoms with Crippen LogP contribution >= 0.6 is 0 Å². The van der Waals surface area contributed by atoms with Gasteiger partial charge in [-0.2, -0.15) is 0 Å². The van der Waals surface area contributed by atoms with Gasteiger partial charge in [0.15, 0.2) is 5.58 Å². The van der Waals surface area contributed by atoms with E-state index in [2.05, 4.69) is 44.5 Å². The monoisotopic (exact) mass is 386 g/mol. The first kappa shape index (κ1) is 17.7. The number of piperazine rings is 1. The van der Waals surface area contributed by atoms with Crippen molar-refractivity contribution < 1.29 is 9.15 Å². The number of benzene rings is 1. The molecule has 1 aromatic carbocycles. The molecule has 3 aromatic heterocycles. The van der Waals surface area contributed by atoms with Gasteiger partial charge >= 0.3 is 0 Å². The predicted octanol–water partition coefficient (Wildman–Crippen LogP) is 3.98. The quantitative estimate of drug-likeness (QED) is 0.572. The zero-order chi connectivity index (χ0) is 19.6. The zero-order valence-corrected chi connectivity index (χ0v) is 16.3. The van der Waals surface area contributed by atoms with Gasteiger partial charge in [-0.05, 0) is 36.4 Å². The third kappa shape index (κ3) is 3.43. The molecule has 1 aliphatic heterocycles. The van der Waals surface area contributed by atoms with Crippen LogP contribution in [0.4, 0.5) is 5.69 Å². The van der Waals surface area contributed by atoms with E-state index >= 15 is 0 Å². The average molecular weight is 386 g/mol. The Morgan fingerprint density at radius 1 is 0.966 bits per heavy atom. The van der Waals surface area contributed by atoms with E-state index in [1.807, 2.05) is 24.3 Å². The summed E-state index contributed by atoms with van der Waals surface area (Å²) in [7, 11) is 1.61. The molecule has 0 spiro atoms. The van der Waals surface area contributed by atoms with Gasteiger partial charge in [-0.1, -0.05) is 0 Å². The first-order valence-electron chi connectivity index (χ1n) is 9.77. The van der Waals surface area contributed by atoms with Gasteiger partial charge in [-0.15, -0.1) is 0 Å². The Labute approximate surface area is 169 Å². The zero-order valence-electron chi connectivity index (χ0n) is 16.3. The summed E-state index contributed by atoms with van der Waals surface area (Å²) in [4.78, 5) is 11.2. The summed E-state index contributed by atoms with van der Waals surface area (Å²) in [6.45, 7) is 4.13. The molecule has 6 nitrogen and oxygen atoms in total. The number of fused-ring (bicyclic) bond motifs is 1. The van der Waals surface area contributed by atoms with E-state index in [0.29, 0.717) is 5.88 Å². The lowest BCUT2D eigenvalue weighted by atomic mass is 10.1. The molecule has 5 rings (SSSR count). The van der Waals surface area contributed by atoms with Gasteiger partial charge in [0.25, 0.3) is 0 Å². The maximum Gasteiger partial charge on any atom is 0.212 e. The standard InChI is InChI=1S/C23H22N4O2/c1-28-22-7-4-17(15-26-22)19-8-9-25-20-14-21(29-23(19)20)16-2-5-18(6-3-16)27-12-10-24-11-13-27/h2-9,14-15,24H,10-13H2,1H3. The van der Waals surface area contributed by atoms with Crippen LogP contribution in [0.1, 0.15) is 0 Å². The van der Waals surface area contributed by atoms with E-state index in [-0.39, 0.29) is 0 Å². The molecule has 0 saturated carbocycles. The smallest absolute Gasteiger partial charge is 0.212 e. The van der Waals surface area contributed by atoms with Crippen molar-refractivity contribution in [2.45, 2.75) is 0 Å². The van der Waals surface area contributed by atoms with Crippen molar-refractivity contribution in [2.75, 3.05) is 38.2 Å². The summed E-state index contributed by atoms with van der Waals surface area (Å²) < 4.78 is 11.4. The van der Waals surface area contributed by atoms with Crippen LogP contribution in [0.15, 0.2) is 65.3 Å². The van der Waals surface area contributed by atoms with Crippen molar-refractivity contribution >= 4 is 16.8 Å². The predicted molar refractivity (Wildman–Crippen MR) is 114 cm³/mol. The largest absolute Gasteiger partial charge is 0.481 e. The number of nitrogens with zero attached hydrogens (tertiary/aromatic N) is 3. The summed E-state index contributed by atoms with van der Waals surface area (Å²) in [5.41, 5.74) is 5.82. The van der Waals surface area contributed by atoms with Crippen LogP contribution in [0, 0.1) is 0 Å². The number of methoxy groups -OCH3 is 1. The molecule has 0 bridgehead atoms. The number of anilines is 1. The highest BCUT2D eigenvalue weighted by molar-refractivity contribution is 5.92. The van der Waals surface area contributed by atoms with Gasteiger partial charge in [-0.3, -0.25) is 4.98 Å². The van der Waals surface area contributed by atoms with Crippen molar-refractivity contribution in [1.82, 2.24) is 15.3 Å². The first-order chi connectivity index (χ1) is 14.3. The van der Waals surface area contributed by atoms with Crippen molar-refractivity contribution in [3.05, 3.63) is 60.9 Å². The minimum atomic E-state index is 0.587. The van der Waals surface area contributed by atoms with E-state index in [9.17, 15) is 0 Å². The van der Waals surface area contributed by atoms with E-state index in [1.165, 1.54) is 5.69 Å². The second-order valence-electron chi connectivity index (χ2n) is 7.06. The average Bonchev–Trinajstić information content (AvgIpc) is 3.24. The third-order valence-electron chi connectivity index (χ3n) is 5.30. The Bertz CT molecular complexity index is 1110. The molecule has 29 heavy (non-hydrogen) atoms. The van der Waals surface area contributed by atoms with E-state index < -0.39 is 0 Å². The van der Waals surface area contributed by atoms with Crippen LogP contribution in [0.25, 0.3) is 33.6 Å². The van der Waals surface area contributed by atoms with Crippen molar-refractivity contribution in [1.29, 1.82) is 0 Å². The van der Waals surface area contributed by atoms with Gasteiger partial charge < -0.3 is 19.4 Å². The topological polar surface area (TPSA) is 63.4 Å². The molecule has 0 aliphatic carbocycles. The summed E-state index contributed by atoms with van der Waals surface area (Å²) in [5, 5.41) is 3.39. The molecular formula is C23H22N4O2. The van der Waals surface area contributed by atoms with Gasteiger partial charge in [0.2, 0.25) is 5.88 Å². The molecule has 4 aromatic rings. The van der Waals surface area contributed by atoms with Gasteiger partial charge in [0, 0.05) is 73.1 Å². The van der Waals surface area contributed by atoms with Gasteiger partial charge in [0.05, 0.1) is 7.11 Å². The molecule has 0 amide bonds. The highest BCUT2D eigenvalue weighted by Crippen LogP contribution is 2.34. The number of hydrogen-bond donors (Lipinski definition) is 1. The lowest BCUT2D eigenvalue weighted by molar-refractivity contribution is 0.398. The Balaban J connectivity index is 1.48. The molecule has 0 atom stereocenters. The second-order valence-corrected chi connectivity index (χ2v) is 7.06. The van der Waals surface area contributed by atoms with Crippen LogP contribution in [-0.2, 0) is 0 Å². The normalized spacial score (nSPS) is 14.3. The van der Waals surface area contributed by atoms with Crippen molar-refractivity contribution in [2.24, 2.45) is 0 Å². The van der Waals surface area contributed by atoms with E-state index in [0.717, 1.165) is 59.7 Å². The summed E-state index contributed by atoms with van der Waals surface area (Å²) >= 11 is 0. The molecular weight excluding hydrogens is 364 g/mol. The number of rotatable bonds is 4. The minimum absolute atomic E-state index is 0.587. The third-order valence-corrected chi connectivity index (χ3v) is 5.30. The van der Waals surface area contributed by atoms with E-state index in [4.69, 9.17) is 9.15 Å². The maximum atomic E-state index is 6.24. The van der Waals surface area contributed by atoms with Crippen molar-refractivity contribution in [3.8, 4) is 28.3 Å². The Hall–Kier alpha value is -3.38. The second kappa shape index (κ2) is 7.56.